The van der Waals surface area contributed by atoms with Crippen LogP contribution in [0.2, 0.25) is 0 Å². The van der Waals surface area contributed by atoms with Gasteiger partial charge >= 0.3 is 0 Å². The molecule has 1 saturated heterocycles. The molecule has 1 unspecified atom stereocenters. The molecule has 4 nitrogen and oxygen atoms in total. The maximum absolute atomic E-state index is 5.75. The smallest absolute Gasteiger partial charge is 0.228 e. The Morgan fingerprint density at radius 1 is 1.59 bits per heavy atom. The molecule has 2 heterocycles. The minimum absolute atomic E-state index is 0.529. The Morgan fingerprint density at radius 3 is 3.24 bits per heavy atom. The monoisotopic (exact) mass is 255 g/mol. The second kappa shape index (κ2) is 6.05. The van der Waals surface area contributed by atoms with Gasteiger partial charge in [0.1, 0.15) is 0 Å². The van der Waals surface area contributed by atoms with Crippen LogP contribution in [-0.4, -0.2) is 35.5 Å². The van der Waals surface area contributed by atoms with E-state index in [1.807, 2.05) is 0 Å². The number of methoxy groups -OCH3 is 1. The van der Waals surface area contributed by atoms with Crippen LogP contribution < -0.4 is 9.64 Å². The van der Waals surface area contributed by atoms with Crippen LogP contribution in [0.25, 0.3) is 0 Å². The number of hydrogen-bond donors (Lipinski definition) is 0. The van der Waals surface area contributed by atoms with Crippen LogP contribution in [0.4, 0.5) is 5.95 Å². The summed E-state index contributed by atoms with van der Waals surface area (Å²) < 4.78 is 5.13. The maximum Gasteiger partial charge on any atom is 0.228 e. The summed E-state index contributed by atoms with van der Waals surface area (Å²) in [7, 11) is 1.63. The van der Waals surface area contributed by atoms with Crippen molar-refractivity contribution in [2.75, 3.05) is 24.4 Å². The average Bonchev–Trinajstić information content (AvgIpc) is 2.84. The van der Waals surface area contributed by atoms with E-state index in [0.29, 0.717) is 11.9 Å². The fraction of sp³-hybridized carbons (Fsp3) is 0.667. The molecule has 0 amide bonds. The lowest BCUT2D eigenvalue weighted by atomic mass is 10.1. The van der Waals surface area contributed by atoms with E-state index < -0.39 is 0 Å². The van der Waals surface area contributed by atoms with Crippen molar-refractivity contribution in [1.29, 1.82) is 0 Å². The van der Waals surface area contributed by atoms with Crippen molar-refractivity contribution >= 4 is 17.5 Å². The summed E-state index contributed by atoms with van der Waals surface area (Å²) in [4.78, 5) is 11.0. The SMILES string of the molecule is COc1ccnc(N2CCCC2CCCCl)n1. The van der Waals surface area contributed by atoms with Crippen molar-refractivity contribution in [1.82, 2.24) is 9.97 Å². The zero-order chi connectivity index (χ0) is 12.1. The number of hydrogen-bond acceptors (Lipinski definition) is 4. The minimum atomic E-state index is 0.529. The highest BCUT2D eigenvalue weighted by atomic mass is 35.5. The number of halogens is 1. The summed E-state index contributed by atoms with van der Waals surface area (Å²) in [6, 6.07) is 2.30. The summed E-state index contributed by atoms with van der Waals surface area (Å²) in [5.41, 5.74) is 0. The lowest BCUT2D eigenvalue weighted by Crippen LogP contribution is -2.30. The molecule has 1 aliphatic heterocycles. The standard InChI is InChI=1S/C12H18ClN3O/c1-17-11-6-8-14-12(15-11)16-9-3-5-10(16)4-2-7-13/h6,8,10H,2-5,7,9H2,1H3. The summed E-state index contributed by atoms with van der Waals surface area (Å²) in [5, 5.41) is 0. The molecule has 0 radical (unpaired) electrons. The van der Waals surface area contributed by atoms with Crippen molar-refractivity contribution in [3.63, 3.8) is 0 Å². The molecule has 0 aromatic carbocycles. The lowest BCUT2D eigenvalue weighted by Gasteiger charge is -2.24. The van der Waals surface area contributed by atoms with Gasteiger partial charge in [-0.05, 0) is 25.7 Å². The Bertz CT molecular complexity index is 361. The number of rotatable bonds is 5. The molecule has 0 saturated carbocycles. The van der Waals surface area contributed by atoms with E-state index in [4.69, 9.17) is 16.3 Å². The van der Waals surface area contributed by atoms with Gasteiger partial charge in [0.05, 0.1) is 7.11 Å². The third kappa shape index (κ3) is 3.00. The molecule has 1 aromatic rings. The van der Waals surface area contributed by atoms with Crippen LogP contribution >= 0.6 is 11.6 Å². The maximum atomic E-state index is 5.75. The average molecular weight is 256 g/mol. The molecule has 0 bridgehead atoms. The summed E-state index contributed by atoms with van der Waals surface area (Å²) in [5.74, 6) is 2.13. The zero-order valence-corrected chi connectivity index (χ0v) is 10.9. The van der Waals surface area contributed by atoms with Crippen LogP contribution in [0.15, 0.2) is 12.3 Å². The number of alkyl halides is 1. The summed E-state index contributed by atoms with van der Waals surface area (Å²) >= 11 is 5.75. The molecule has 2 rings (SSSR count). The molecule has 0 aliphatic carbocycles. The first-order valence-electron chi connectivity index (χ1n) is 6.05. The fourth-order valence-corrected chi connectivity index (χ4v) is 2.45. The van der Waals surface area contributed by atoms with Crippen LogP contribution in [0.3, 0.4) is 0 Å². The number of aromatic nitrogens is 2. The minimum Gasteiger partial charge on any atom is -0.481 e. The lowest BCUT2D eigenvalue weighted by molar-refractivity contribution is 0.396. The van der Waals surface area contributed by atoms with Crippen LogP contribution in [0, 0.1) is 0 Å². The van der Waals surface area contributed by atoms with E-state index in [2.05, 4.69) is 14.9 Å². The van der Waals surface area contributed by atoms with Gasteiger partial charge in [0.2, 0.25) is 11.8 Å². The van der Waals surface area contributed by atoms with Crippen molar-refractivity contribution < 1.29 is 4.74 Å². The van der Waals surface area contributed by atoms with Crippen LogP contribution in [0.5, 0.6) is 5.88 Å². The highest BCUT2D eigenvalue weighted by Crippen LogP contribution is 2.26. The van der Waals surface area contributed by atoms with Gasteiger partial charge in [-0.1, -0.05) is 0 Å². The second-order valence-electron chi connectivity index (χ2n) is 4.22. The van der Waals surface area contributed by atoms with E-state index in [1.54, 1.807) is 19.4 Å². The number of ether oxygens (including phenoxy) is 1. The summed E-state index contributed by atoms with van der Waals surface area (Å²) in [6.45, 7) is 1.03. The first kappa shape index (κ1) is 12.4. The first-order valence-corrected chi connectivity index (χ1v) is 6.58. The van der Waals surface area contributed by atoms with Crippen LogP contribution in [-0.2, 0) is 0 Å². The molecule has 94 valence electrons. The molecular formula is C12H18ClN3O. The fourth-order valence-electron chi connectivity index (χ4n) is 2.30. The Kier molecular flexibility index (Phi) is 4.42. The van der Waals surface area contributed by atoms with Crippen molar-refractivity contribution in [3.8, 4) is 5.88 Å². The van der Waals surface area contributed by atoms with Crippen molar-refractivity contribution in [2.45, 2.75) is 31.7 Å². The first-order chi connectivity index (χ1) is 8.35. The quantitative estimate of drug-likeness (QED) is 0.758. The Balaban J connectivity index is 2.08. The summed E-state index contributed by atoms with van der Waals surface area (Å²) in [6.07, 6.45) is 6.32. The molecule has 1 atom stereocenters. The number of anilines is 1. The molecule has 0 spiro atoms. The van der Waals surface area contributed by atoms with E-state index in [-0.39, 0.29) is 0 Å². The number of nitrogens with zero attached hydrogens (tertiary/aromatic N) is 3. The normalized spacial score (nSPS) is 19.6. The molecule has 5 heteroatoms. The molecule has 1 aromatic heterocycles. The van der Waals surface area contributed by atoms with Crippen molar-refractivity contribution in [2.24, 2.45) is 0 Å². The van der Waals surface area contributed by atoms with Crippen LogP contribution in [0.1, 0.15) is 25.7 Å². The van der Waals surface area contributed by atoms with Gasteiger partial charge in [-0.3, -0.25) is 0 Å². The second-order valence-corrected chi connectivity index (χ2v) is 4.60. The zero-order valence-electron chi connectivity index (χ0n) is 10.1. The third-order valence-corrected chi connectivity index (χ3v) is 3.40. The van der Waals surface area contributed by atoms with Gasteiger partial charge in [0.25, 0.3) is 0 Å². The molecule has 1 aliphatic rings. The Hall–Kier alpha value is -1.03. The van der Waals surface area contributed by atoms with Gasteiger partial charge in [0, 0.05) is 30.7 Å². The van der Waals surface area contributed by atoms with Gasteiger partial charge in [-0.25, -0.2) is 4.98 Å². The largest absolute Gasteiger partial charge is 0.481 e. The van der Waals surface area contributed by atoms with E-state index in [9.17, 15) is 0 Å². The van der Waals surface area contributed by atoms with Gasteiger partial charge in [0.15, 0.2) is 0 Å². The predicted octanol–water partition coefficient (Wildman–Crippen LogP) is 2.47. The van der Waals surface area contributed by atoms with E-state index >= 15 is 0 Å². The highest BCUT2D eigenvalue weighted by molar-refractivity contribution is 6.17. The van der Waals surface area contributed by atoms with Gasteiger partial charge in [-0.15, -0.1) is 11.6 Å². The Labute approximate surface area is 107 Å². The van der Waals surface area contributed by atoms with Gasteiger partial charge in [-0.2, -0.15) is 4.98 Å². The third-order valence-electron chi connectivity index (χ3n) is 3.13. The predicted molar refractivity (Wildman–Crippen MR) is 68.9 cm³/mol. The Morgan fingerprint density at radius 2 is 2.47 bits per heavy atom. The highest BCUT2D eigenvalue weighted by Gasteiger charge is 2.26. The molecule has 0 N–H and O–H groups in total. The van der Waals surface area contributed by atoms with E-state index in [1.165, 1.54) is 12.8 Å². The molecular weight excluding hydrogens is 238 g/mol. The van der Waals surface area contributed by atoms with Crippen molar-refractivity contribution in [3.05, 3.63) is 12.3 Å². The van der Waals surface area contributed by atoms with E-state index in [0.717, 1.165) is 31.2 Å². The topological polar surface area (TPSA) is 38.2 Å². The molecule has 17 heavy (non-hydrogen) atoms. The van der Waals surface area contributed by atoms with Gasteiger partial charge < -0.3 is 9.64 Å². The molecule has 1 fully saturated rings.